The second kappa shape index (κ2) is 5.91. The zero-order valence-electron chi connectivity index (χ0n) is 10.4. The molecule has 0 atom stereocenters. The number of rotatable bonds is 4. The molecule has 94 valence electrons. The van der Waals surface area contributed by atoms with Gasteiger partial charge >= 0.3 is 0 Å². The van der Waals surface area contributed by atoms with Crippen LogP contribution in [-0.2, 0) is 6.61 Å². The second-order valence-corrected chi connectivity index (χ2v) is 4.80. The summed E-state index contributed by atoms with van der Waals surface area (Å²) < 4.78 is 12.1. The molecular formula is C15H15BrO2. The van der Waals surface area contributed by atoms with Gasteiger partial charge in [0.05, 0.1) is 11.6 Å². The molecule has 0 saturated carbocycles. The van der Waals surface area contributed by atoms with E-state index >= 15 is 0 Å². The summed E-state index contributed by atoms with van der Waals surface area (Å²) in [5, 5.41) is 0. The molecule has 0 aliphatic heterocycles. The van der Waals surface area contributed by atoms with Gasteiger partial charge in [0.25, 0.3) is 0 Å². The lowest BCUT2D eigenvalue weighted by atomic mass is 10.2. The van der Waals surface area contributed by atoms with E-state index in [9.17, 15) is 0 Å². The van der Waals surface area contributed by atoms with Crippen LogP contribution in [0.1, 0.15) is 11.1 Å². The van der Waals surface area contributed by atoms with E-state index in [0.717, 1.165) is 27.1 Å². The van der Waals surface area contributed by atoms with Crippen molar-refractivity contribution >= 4 is 15.9 Å². The molecule has 0 saturated heterocycles. The van der Waals surface area contributed by atoms with E-state index in [1.807, 2.05) is 49.4 Å². The highest BCUT2D eigenvalue weighted by molar-refractivity contribution is 9.10. The molecule has 0 fully saturated rings. The Bertz CT molecular complexity index is 524. The van der Waals surface area contributed by atoms with Gasteiger partial charge in [-0.15, -0.1) is 0 Å². The van der Waals surface area contributed by atoms with Gasteiger partial charge in [-0.25, -0.2) is 0 Å². The Morgan fingerprint density at radius 3 is 2.44 bits per heavy atom. The summed E-state index contributed by atoms with van der Waals surface area (Å²) in [6, 6.07) is 14.0. The number of benzene rings is 2. The maximum Gasteiger partial charge on any atom is 0.176 e. The summed E-state index contributed by atoms with van der Waals surface area (Å²) in [5.41, 5.74) is 2.26. The molecule has 0 aliphatic rings. The van der Waals surface area contributed by atoms with Crippen molar-refractivity contribution in [1.82, 2.24) is 0 Å². The normalized spacial score (nSPS) is 10.2. The SMILES string of the molecule is COc1ccc(C)c(Br)c1OCc1ccccc1. The topological polar surface area (TPSA) is 18.5 Å². The average molecular weight is 307 g/mol. The molecule has 18 heavy (non-hydrogen) atoms. The number of hydrogen-bond acceptors (Lipinski definition) is 2. The molecule has 0 heterocycles. The van der Waals surface area contributed by atoms with E-state index in [1.54, 1.807) is 7.11 Å². The minimum atomic E-state index is 0.527. The van der Waals surface area contributed by atoms with Crippen LogP contribution in [0.4, 0.5) is 0 Å². The Morgan fingerprint density at radius 2 is 1.78 bits per heavy atom. The van der Waals surface area contributed by atoms with Gasteiger partial charge in [0.1, 0.15) is 6.61 Å². The van der Waals surface area contributed by atoms with Gasteiger partial charge in [0, 0.05) is 0 Å². The standard InChI is InChI=1S/C15H15BrO2/c1-11-8-9-13(17-2)15(14(11)16)18-10-12-6-4-3-5-7-12/h3-9H,10H2,1-2H3. The third-order valence-electron chi connectivity index (χ3n) is 2.70. The summed E-state index contributed by atoms with van der Waals surface area (Å²) in [5.74, 6) is 1.49. The van der Waals surface area contributed by atoms with Gasteiger partial charge < -0.3 is 9.47 Å². The largest absolute Gasteiger partial charge is 0.493 e. The molecule has 2 rings (SSSR count). The fraction of sp³-hybridized carbons (Fsp3) is 0.200. The lowest BCUT2D eigenvalue weighted by Gasteiger charge is -2.14. The van der Waals surface area contributed by atoms with Crippen molar-refractivity contribution < 1.29 is 9.47 Å². The predicted octanol–water partition coefficient (Wildman–Crippen LogP) is 4.35. The van der Waals surface area contributed by atoms with Crippen LogP contribution < -0.4 is 9.47 Å². The number of hydrogen-bond donors (Lipinski definition) is 0. The van der Waals surface area contributed by atoms with Crippen LogP contribution in [0.2, 0.25) is 0 Å². The molecule has 3 heteroatoms. The van der Waals surface area contributed by atoms with Crippen LogP contribution in [-0.4, -0.2) is 7.11 Å². The molecular weight excluding hydrogens is 292 g/mol. The van der Waals surface area contributed by atoms with Crippen molar-refractivity contribution in [3.63, 3.8) is 0 Å². The van der Waals surface area contributed by atoms with Gasteiger partial charge in [0.15, 0.2) is 11.5 Å². The van der Waals surface area contributed by atoms with Crippen LogP contribution in [0.25, 0.3) is 0 Å². The Morgan fingerprint density at radius 1 is 1.06 bits per heavy atom. The van der Waals surface area contributed by atoms with Gasteiger partial charge in [-0.3, -0.25) is 0 Å². The minimum Gasteiger partial charge on any atom is -0.493 e. The van der Waals surface area contributed by atoms with Crippen molar-refractivity contribution in [1.29, 1.82) is 0 Å². The fourth-order valence-electron chi connectivity index (χ4n) is 1.66. The van der Waals surface area contributed by atoms with Crippen LogP contribution in [0.5, 0.6) is 11.5 Å². The summed E-state index contributed by atoms with van der Waals surface area (Å²) in [6.45, 7) is 2.55. The van der Waals surface area contributed by atoms with Crippen molar-refractivity contribution in [3.8, 4) is 11.5 Å². The molecule has 0 N–H and O–H groups in total. The molecule has 0 amide bonds. The first kappa shape index (κ1) is 13.0. The first-order valence-corrected chi connectivity index (χ1v) is 6.51. The van der Waals surface area contributed by atoms with E-state index < -0.39 is 0 Å². The molecule has 0 unspecified atom stereocenters. The maximum atomic E-state index is 5.85. The molecule has 0 radical (unpaired) electrons. The molecule has 0 spiro atoms. The number of halogens is 1. The highest BCUT2D eigenvalue weighted by Gasteiger charge is 2.11. The minimum absolute atomic E-state index is 0.527. The first-order valence-electron chi connectivity index (χ1n) is 5.72. The van der Waals surface area contributed by atoms with Crippen LogP contribution in [0.3, 0.4) is 0 Å². The Balaban J connectivity index is 2.21. The third kappa shape index (κ3) is 2.85. The predicted molar refractivity (Wildman–Crippen MR) is 76.2 cm³/mol. The number of aryl methyl sites for hydroxylation is 1. The molecule has 0 aromatic heterocycles. The van der Waals surface area contributed by atoms with Crippen LogP contribution in [0, 0.1) is 6.92 Å². The molecule has 0 bridgehead atoms. The van der Waals surface area contributed by atoms with Crippen LogP contribution in [0.15, 0.2) is 46.9 Å². The quantitative estimate of drug-likeness (QED) is 0.836. The highest BCUT2D eigenvalue weighted by Crippen LogP contribution is 2.37. The van der Waals surface area contributed by atoms with Gasteiger partial charge in [-0.2, -0.15) is 0 Å². The Hall–Kier alpha value is -1.48. The van der Waals surface area contributed by atoms with Crippen LogP contribution >= 0.6 is 15.9 Å². The summed E-state index contributed by atoms with van der Waals surface area (Å²) in [7, 11) is 1.65. The zero-order chi connectivity index (χ0) is 13.0. The molecule has 2 aromatic rings. The highest BCUT2D eigenvalue weighted by atomic mass is 79.9. The van der Waals surface area contributed by atoms with Gasteiger partial charge in [0.2, 0.25) is 0 Å². The van der Waals surface area contributed by atoms with E-state index in [1.165, 1.54) is 0 Å². The van der Waals surface area contributed by atoms with E-state index in [0.29, 0.717) is 6.61 Å². The lowest BCUT2D eigenvalue weighted by molar-refractivity contribution is 0.282. The average Bonchev–Trinajstić information content (AvgIpc) is 2.41. The second-order valence-electron chi connectivity index (χ2n) is 4.00. The molecule has 0 aliphatic carbocycles. The summed E-state index contributed by atoms with van der Waals surface area (Å²) >= 11 is 3.54. The third-order valence-corrected chi connectivity index (χ3v) is 3.69. The van der Waals surface area contributed by atoms with Crippen molar-refractivity contribution in [2.45, 2.75) is 13.5 Å². The lowest BCUT2D eigenvalue weighted by Crippen LogP contribution is -1.99. The van der Waals surface area contributed by atoms with Gasteiger partial charge in [-0.05, 0) is 40.0 Å². The van der Waals surface area contributed by atoms with E-state index in [4.69, 9.17) is 9.47 Å². The summed E-state index contributed by atoms with van der Waals surface area (Å²) in [6.07, 6.45) is 0. The smallest absolute Gasteiger partial charge is 0.176 e. The van der Waals surface area contributed by atoms with E-state index in [2.05, 4.69) is 15.9 Å². The number of ether oxygens (including phenoxy) is 2. The monoisotopic (exact) mass is 306 g/mol. The molecule has 2 aromatic carbocycles. The zero-order valence-corrected chi connectivity index (χ0v) is 12.0. The first-order chi connectivity index (χ1) is 8.72. The Kier molecular flexibility index (Phi) is 4.26. The van der Waals surface area contributed by atoms with Crippen molar-refractivity contribution in [2.75, 3.05) is 7.11 Å². The summed E-state index contributed by atoms with van der Waals surface area (Å²) in [4.78, 5) is 0. The number of methoxy groups -OCH3 is 1. The molecule has 2 nitrogen and oxygen atoms in total. The van der Waals surface area contributed by atoms with E-state index in [-0.39, 0.29) is 0 Å². The van der Waals surface area contributed by atoms with Crippen molar-refractivity contribution in [2.24, 2.45) is 0 Å². The van der Waals surface area contributed by atoms with Crippen molar-refractivity contribution in [3.05, 3.63) is 58.1 Å². The van der Waals surface area contributed by atoms with Gasteiger partial charge in [-0.1, -0.05) is 36.4 Å². The fourth-order valence-corrected chi connectivity index (χ4v) is 2.10. The Labute approximate surface area is 116 Å². The maximum absolute atomic E-state index is 5.85.